The average molecular weight is 178 g/mol. The highest BCUT2D eigenvalue weighted by molar-refractivity contribution is 5.92. The van der Waals surface area contributed by atoms with E-state index in [1.165, 1.54) is 5.56 Å². The number of hydrogen-bond donors (Lipinski definition) is 0. The fourth-order valence-corrected chi connectivity index (χ4v) is 1.92. The van der Waals surface area contributed by atoms with Crippen molar-refractivity contribution in [2.45, 2.75) is 26.2 Å². The van der Waals surface area contributed by atoms with Crippen LogP contribution in [0.4, 0.5) is 0 Å². The molecule has 0 saturated heterocycles. The molecule has 0 unspecified atom stereocenters. The van der Waals surface area contributed by atoms with E-state index in [0.29, 0.717) is 18.1 Å². The number of hydrogen-bond acceptors (Lipinski definition) is 2. The third kappa shape index (κ3) is 1.10. The lowest BCUT2D eigenvalue weighted by Gasteiger charge is -2.42. The molecule has 1 aromatic heterocycles. The number of carbonyl (C=O) groups excluding carboxylic acids is 1. The van der Waals surface area contributed by atoms with E-state index in [0.717, 1.165) is 0 Å². The molecule has 0 radical (unpaired) electrons. The van der Waals surface area contributed by atoms with Crippen molar-refractivity contribution in [2.24, 2.45) is 12.5 Å². The summed E-state index contributed by atoms with van der Waals surface area (Å²) in [6.07, 6.45) is 4.54. The van der Waals surface area contributed by atoms with E-state index < -0.39 is 0 Å². The molecule has 1 aliphatic rings. The lowest BCUT2D eigenvalue weighted by atomic mass is 9.59. The molecule has 0 aliphatic heterocycles. The predicted molar refractivity (Wildman–Crippen MR) is 49.4 cm³/mol. The molecule has 2 rings (SSSR count). The van der Waals surface area contributed by atoms with Gasteiger partial charge in [0, 0.05) is 31.0 Å². The molecule has 1 aliphatic carbocycles. The lowest BCUT2D eigenvalue weighted by molar-refractivity contribution is -0.137. The van der Waals surface area contributed by atoms with Gasteiger partial charge in [-0.3, -0.25) is 9.48 Å². The minimum Gasteiger partial charge on any atom is -0.299 e. The van der Waals surface area contributed by atoms with Crippen molar-refractivity contribution < 1.29 is 4.79 Å². The molecule has 3 heteroatoms. The van der Waals surface area contributed by atoms with Crippen molar-refractivity contribution in [1.82, 2.24) is 9.78 Å². The molecule has 0 amide bonds. The van der Waals surface area contributed by atoms with Crippen molar-refractivity contribution in [3.8, 4) is 0 Å². The highest BCUT2D eigenvalue weighted by Gasteiger charge is 2.48. The first-order valence-electron chi connectivity index (χ1n) is 4.53. The summed E-state index contributed by atoms with van der Waals surface area (Å²) in [6.45, 7) is 4.02. The standard InChI is InChI=1S/C10H14N2O/c1-10(2)8(4-9(10)13)7-5-11-12(3)6-7/h5-6,8H,4H2,1-3H3/t8-/m0/s1. The topological polar surface area (TPSA) is 34.9 Å². The lowest BCUT2D eigenvalue weighted by Crippen LogP contribution is -2.43. The number of Topliss-reactive ketones (excluding diaryl/α,β-unsaturated/α-hetero) is 1. The van der Waals surface area contributed by atoms with Crippen molar-refractivity contribution in [1.29, 1.82) is 0 Å². The Balaban J connectivity index is 2.26. The van der Waals surface area contributed by atoms with Crippen LogP contribution in [0.2, 0.25) is 0 Å². The number of aryl methyl sites for hydroxylation is 1. The summed E-state index contributed by atoms with van der Waals surface area (Å²) in [5, 5.41) is 4.12. The Morgan fingerprint density at radius 2 is 2.31 bits per heavy atom. The van der Waals surface area contributed by atoms with Gasteiger partial charge in [-0.1, -0.05) is 13.8 Å². The fourth-order valence-electron chi connectivity index (χ4n) is 1.92. The Morgan fingerprint density at radius 3 is 2.69 bits per heavy atom. The zero-order valence-corrected chi connectivity index (χ0v) is 8.24. The quantitative estimate of drug-likeness (QED) is 0.653. The molecule has 1 fully saturated rings. The fraction of sp³-hybridized carbons (Fsp3) is 0.600. The van der Waals surface area contributed by atoms with Crippen LogP contribution in [-0.2, 0) is 11.8 Å². The number of carbonyl (C=O) groups is 1. The van der Waals surface area contributed by atoms with Crippen molar-refractivity contribution in [3.05, 3.63) is 18.0 Å². The zero-order chi connectivity index (χ0) is 9.64. The van der Waals surface area contributed by atoms with Crippen LogP contribution in [-0.4, -0.2) is 15.6 Å². The van der Waals surface area contributed by atoms with Crippen LogP contribution in [0, 0.1) is 5.41 Å². The van der Waals surface area contributed by atoms with Gasteiger partial charge >= 0.3 is 0 Å². The highest BCUT2D eigenvalue weighted by atomic mass is 16.1. The maximum Gasteiger partial charge on any atom is 0.139 e. The Bertz CT molecular complexity index is 352. The maximum absolute atomic E-state index is 11.3. The minimum absolute atomic E-state index is 0.178. The average Bonchev–Trinajstić information content (AvgIpc) is 2.47. The Kier molecular flexibility index (Phi) is 1.59. The second-order valence-electron chi connectivity index (χ2n) is 4.35. The van der Waals surface area contributed by atoms with E-state index in [9.17, 15) is 4.79 Å². The van der Waals surface area contributed by atoms with Gasteiger partial charge in [-0.25, -0.2) is 0 Å². The maximum atomic E-state index is 11.3. The molecular formula is C10H14N2O. The molecule has 1 heterocycles. The van der Waals surface area contributed by atoms with Gasteiger partial charge in [-0.15, -0.1) is 0 Å². The third-order valence-electron chi connectivity index (χ3n) is 3.11. The van der Waals surface area contributed by atoms with E-state index in [-0.39, 0.29) is 5.41 Å². The number of aromatic nitrogens is 2. The third-order valence-corrected chi connectivity index (χ3v) is 3.11. The molecule has 0 aromatic carbocycles. The SMILES string of the molecule is Cn1cc([C@@H]2CC(=O)C2(C)C)cn1. The summed E-state index contributed by atoms with van der Waals surface area (Å²) >= 11 is 0. The summed E-state index contributed by atoms with van der Waals surface area (Å²) in [5.74, 6) is 0.732. The van der Waals surface area contributed by atoms with E-state index in [2.05, 4.69) is 5.10 Å². The first kappa shape index (κ1) is 8.48. The van der Waals surface area contributed by atoms with E-state index >= 15 is 0 Å². The second-order valence-corrected chi connectivity index (χ2v) is 4.35. The number of rotatable bonds is 1. The number of ketones is 1. The molecule has 3 nitrogen and oxygen atoms in total. The smallest absolute Gasteiger partial charge is 0.139 e. The van der Waals surface area contributed by atoms with Crippen LogP contribution in [0.1, 0.15) is 31.7 Å². The summed E-state index contributed by atoms with van der Waals surface area (Å²) in [7, 11) is 1.90. The summed E-state index contributed by atoms with van der Waals surface area (Å²) in [6, 6.07) is 0. The van der Waals surface area contributed by atoms with E-state index in [4.69, 9.17) is 0 Å². The Hall–Kier alpha value is -1.12. The Labute approximate surface area is 77.7 Å². The van der Waals surface area contributed by atoms with E-state index in [1.807, 2.05) is 33.3 Å². The molecule has 0 N–H and O–H groups in total. The molecule has 1 saturated carbocycles. The normalized spacial score (nSPS) is 25.8. The first-order valence-corrected chi connectivity index (χ1v) is 4.53. The van der Waals surface area contributed by atoms with Gasteiger partial charge in [0.25, 0.3) is 0 Å². The monoisotopic (exact) mass is 178 g/mol. The van der Waals surface area contributed by atoms with Crippen molar-refractivity contribution in [2.75, 3.05) is 0 Å². The molecule has 13 heavy (non-hydrogen) atoms. The molecule has 1 atom stereocenters. The summed E-state index contributed by atoms with van der Waals surface area (Å²) < 4.78 is 1.79. The van der Waals surface area contributed by atoms with Crippen LogP contribution < -0.4 is 0 Å². The minimum atomic E-state index is -0.178. The molecule has 0 bridgehead atoms. The van der Waals surface area contributed by atoms with Crippen LogP contribution in [0.5, 0.6) is 0 Å². The largest absolute Gasteiger partial charge is 0.299 e. The molecule has 0 spiro atoms. The molecular weight excluding hydrogens is 164 g/mol. The van der Waals surface area contributed by atoms with Crippen LogP contribution in [0.25, 0.3) is 0 Å². The van der Waals surface area contributed by atoms with Gasteiger partial charge in [0.2, 0.25) is 0 Å². The molecule has 70 valence electrons. The highest BCUT2D eigenvalue weighted by Crippen LogP contribution is 2.49. The van der Waals surface area contributed by atoms with Crippen molar-refractivity contribution >= 4 is 5.78 Å². The van der Waals surface area contributed by atoms with Crippen LogP contribution in [0.3, 0.4) is 0 Å². The van der Waals surface area contributed by atoms with E-state index in [1.54, 1.807) is 4.68 Å². The van der Waals surface area contributed by atoms with Crippen LogP contribution >= 0.6 is 0 Å². The van der Waals surface area contributed by atoms with Gasteiger partial charge in [-0.2, -0.15) is 5.10 Å². The number of nitrogens with zero attached hydrogens (tertiary/aromatic N) is 2. The van der Waals surface area contributed by atoms with Gasteiger partial charge < -0.3 is 0 Å². The van der Waals surface area contributed by atoms with Crippen LogP contribution in [0.15, 0.2) is 12.4 Å². The van der Waals surface area contributed by atoms with Gasteiger partial charge in [0.1, 0.15) is 5.78 Å². The first-order chi connectivity index (χ1) is 6.01. The molecule has 1 aromatic rings. The zero-order valence-electron chi connectivity index (χ0n) is 8.24. The Morgan fingerprint density at radius 1 is 1.62 bits per heavy atom. The van der Waals surface area contributed by atoms with Gasteiger partial charge in [-0.05, 0) is 5.56 Å². The summed E-state index contributed by atoms with van der Waals surface area (Å²) in [5.41, 5.74) is 1.01. The predicted octanol–water partition coefficient (Wildman–Crippen LogP) is 1.50. The van der Waals surface area contributed by atoms with Crippen molar-refractivity contribution in [3.63, 3.8) is 0 Å². The van der Waals surface area contributed by atoms with Gasteiger partial charge in [0.15, 0.2) is 0 Å². The van der Waals surface area contributed by atoms with Gasteiger partial charge in [0.05, 0.1) is 6.20 Å². The second kappa shape index (κ2) is 2.44. The summed E-state index contributed by atoms with van der Waals surface area (Å²) in [4.78, 5) is 11.3.